The van der Waals surface area contributed by atoms with Gasteiger partial charge in [-0.05, 0) is 18.4 Å². The van der Waals surface area contributed by atoms with Gasteiger partial charge in [0.15, 0.2) is 5.96 Å². The lowest BCUT2D eigenvalue weighted by Crippen LogP contribution is -2.44. The van der Waals surface area contributed by atoms with Gasteiger partial charge in [0, 0.05) is 26.7 Å². The van der Waals surface area contributed by atoms with Gasteiger partial charge < -0.3 is 15.5 Å². The second-order valence-corrected chi connectivity index (χ2v) is 4.86. The van der Waals surface area contributed by atoms with E-state index in [2.05, 4.69) is 20.5 Å². The zero-order valence-electron chi connectivity index (χ0n) is 11.9. The summed E-state index contributed by atoms with van der Waals surface area (Å²) in [6.45, 7) is 2.86. The van der Waals surface area contributed by atoms with Crippen LogP contribution in [0.3, 0.4) is 0 Å². The Bertz CT molecular complexity index is 452. The van der Waals surface area contributed by atoms with Crippen molar-refractivity contribution in [2.24, 2.45) is 4.99 Å². The van der Waals surface area contributed by atoms with Crippen molar-refractivity contribution in [3.8, 4) is 0 Å². The molecule has 2 N–H and O–H groups in total. The summed E-state index contributed by atoms with van der Waals surface area (Å²) in [7, 11) is 1.75. The van der Waals surface area contributed by atoms with Crippen molar-refractivity contribution in [3.05, 3.63) is 35.9 Å². The number of nitrogens with zero attached hydrogens (tertiary/aromatic N) is 2. The molecule has 5 heteroatoms. The monoisotopic (exact) mass is 274 g/mol. The van der Waals surface area contributed by atoms with Crippen LogP contribution in [0.15, 0.2) is 35.3 Å². The first-order valence-electron chi connectivity index (χ1n) is 7.06. The van der Waals surface area contributed by atoms with Crippen LogP contribution >= 0.6 is 0 Å². The maximum atomic E-state index is 11.8. The minimum Gasteiger partial charge on any atom is -0.350 e. The zero-order valence-corrected chi connectivity index (χ0v) is 11.9. The number of carbonyl (C=O) groups excluding carboxylic acids is 1. The molecular formula is C15H22N4O. The third-order valence-electron chi connectivity index (χ3n) is 3.36. The number of nitrogens with one attached hydrogen (secondary N) is 2. The van der Waals surface area contributed by atoms with Crippen molar-refractivity contribution in [2.45, 2.75) is 19.4 Å². The molecule has 108 valence electrons. The topological polar surface area (TPSA) is 56.7 Å². The van der Waals surface area contributed by atoms with E-state index < -0.39 is 0 Å². The summed E-state index contributed by atoms with van der Waals surface area (Å²) >= 11 is 0. The molecule has 1 amide bonds. The number of carbonyl (C=O) groups is 1. The Morgan fingerprint density at radius 2 is 1.90 bits per heavy atom. The van der Waals surface area contributed by atoms with Crippen molar-refractivity contribution >= 4 is 11.9 Å². The van der Waals surface area contributed by atoms with E-state index in [9.17, 15) is 4.79 Å². The van der Waals surface area contributed by atoms with Gasteiger partial charge in [-0.3, -0.25) is 9.79 Å². The maximum absolute atomic E-state index is 11.8. The van der Waals surface area contributed by atoms with Gasteiger partial charge in [0.05, 0.1) is 6.54 Å². The van der Waals surface area contributed by atoms with Gasteiger partial charge in [-0.1, -0.05) is 30.3 Å². The van der Waals surface area contributed by atoms with Crippen LogP contribution in [0.4, 0.5) is 0 Å². The number of likely N-dealkylation sites (tertiary alicyclic amines) is 1. The normalized spacial score (nSPS) is 15.2. The number of hydrogen-bond donors (Lipinski definition) is 2. The average molecular weight is 274 g/mol. The van der Waals surface area contributed by atoms with Crippen molar-refractivity contribution < 1.29 is 4.79 Å². The lowest BCUT2D eigenvalue weighted by molar-refractivity contribution is -0.120. The van der Waals surface area contributed by atoms with E-state index in [-0.39, 0.29) is 12.5 Å². The summed E-state index contributed by atoms with van der Waals surface area (Å²) in [6, 6.07) is 9.89. The van der Waals surface area contributed by atoms with Gasteiger partial charge in [0.2, 0.25) is 5.91 Å². The van der Waals surface area contributed by atoms with E-state index in [1.807, 2.05) is 30.3 Å². The molecular weight excluding hydrogens is 252 g/mol. The van der Waals surface area contributed by atoms with E-state index in [4.69, 9.17) is 0 Å². The van der Waals surface area contributed by atoms with E-state index >= 15 is 0 Å². The van der Waals surface area contributed by atoms with Crippen LogP contribution in [0.2, 0.25) is 0 Å². The summed E-state index contributed by atoms with van der Waals surface area (Å²) in [4.78, 5) is 18.2. The molecule has 0 spiro atoms. The van der Waals surface area contributed by atoms with Crippen LogP contribution in [0.5, 0.6) is 0 Å². The van der Waals surface area contributed by atoms with Gasteiger partial charge in [0.1, 0.15) is 0 Å². The first-order chi connectivity index (χ1) is 9.79. The van der Waals surface area contributed by atoms with Crippen molar-refractivity contribution in [2.75, 3.05) is 26.7 Å². The molecule has 0 aliphatic carbocycles. The van der Waals surface area contributed by atoms with Crippen LogP contribution < -0.4 is 10.6 Å². The molecule has 0 radical (unpaired) electrons. The van der Waals surface area contributed by atoms with Gasteiger partial charge in [-0.25, -0.2) is 0 Å². The number of amides is 1. The molecule has 0 atom stereocenters. The summed E-state index contributed by atoms with van der Waals surface area (Å²) in [6.07, 6.45) is 2.39. The summed E-state index contributed by atoms with van der Waals surface area (Å²) in [5.74, 6) is 0.798. The van der Waals surface area contributed by atoms with Gasteiger partial charge >= 0.3 is 0 Å². The van der Waals surface area contributed by atoms with E-state index in [1.165, 1.54) is 12.8 Å². The Kier molecular flexibility index (Phi) is 5.41. The van der Waals surface area contributed by atoms with E-state index in [0.29, 0.717) is 6.54 Å². The van der Waals surface area contributed by atoms with Crippen molar-refractivity contribution in [1.82, 2.24) is 15.5 Å². The highest BCUT2D eigenvalue weighted by Gasteiger charge is 2.15. The number of guanidine groups is 1. The highest BCUT2D eigenvalue weighted by molar-refractivity contribution is 5.86. The Morgan fingerprint density at radius 3 is 2.55 bits per heavy atom. The average Bonchev–Trinajstić information content (AvgIpc) is 3.01. The van der Waals surface area contributed by atoms with E-state index in [0.717, 1.165) is 24.6 Å². The lowest BCUT2D eigenvalue weighted by atomic mass is 10.2. The molecule has 0 saturated carbocycles. The lowest BCUT2D eigenvalue weighted by Gasteiger charge is -2.20. The molecule has 20 heavy (non-hydrogen) atoms. The van der Waals surface area contributed by atoms with Crippen LogP contribution in [0.1, 0.15) is 18.4 Å². The Balaban J connectivity index is 1.71. The number of rotatable bonds is 4. The van der Waals surface area contributed by atoms with Crippen LogP contribution in [0.25, 0.3) is 0 Å². The first-order valence-corrected chi connectivity index (χ1v) is 7.06. The first kappa shape index (κ1) is 14.4. The molecule has 1 fully saturated rings. The van der Waals surface area contributed by atoms with Crippen LogP contribution in [-0.2, 0) is 11.3 Å². The molecule has 0 aromatic heterocycles. The van der Waals surface area contributed by atoms with Gasteiger partial charge in [-0.15, -0.1) is 0 Å². The molecule has 1 saturated heterocycles. The Morgan fingerprint density at radius 1 is 1.20 bits per heavy atom. The maximum Gasteiger partial charge on any atom is 0.239 e. The Hall–Kier alpha value is -2.04. The molecule has 2 rings (SSSR count). The van der Waals surface area contributed by atoms with Crippen LogP contribution in [0, 0.1) is 0 Å². The quantitative estimate of drug-likeness (QED) is 0.635. The fourth-order valence-electron chi connectivity index (χ4n) is 2.28. The fourth-order valence-corrected chi connectivity index (χ4v) is 2.28. The minimum atomic E-state index is -0.0193. The highest BCUT2D eigenvalue weighted by atomic mass is 16.1. The molecule has 0 unspecified atom stereocenters. The third-order valence-corrected chi connectivity index (χ3v) is 3.36. The smallest absolute Gasteiger partial charge is 0.239 e. The fraction of sp³-hybridized carbons (Fsp3) is 0.467. The second kappa shape index (κ2) is 7.53. The molecule has 1 aliphatic rings. The molecule has 1 aliphatic heterocycles. The second-order valence-electron chi connectivity index (χ2n) is 4.86. The van der Waals surface area contributed by atoms with E-state index in [1.54, 1.807) is 7.05 Å². The summed E-state index contributed by atoms with van der Waals surface area (Å²) in [5, 5.41) is 6.01. The molecule has 0 bridgehead atoms. The zero-order chi connectivity index (χ0) is 14.2. The van der Waals surface area contributed by atoms with Crippen molar-refractivity contribution in [3.63, 3.8) is 0 Å². The SMILES string of the molecule is CN=C(NCC(=O)NCc1ccccc1)N1CCCC1. The molecule has 5 nitrogen and oxygen atoms in total. The molecule has 1 aromatic rings. The van der Waals surface area contributed by atoms with Crippen molar-refractivity contribution in [1.29, 1.82) is 0 Å². The predicted molar refractivity (Wildman–Crippen MR) is 80.5 cm³/mol. The largest absolute Gasteiger partial charge is 0.350 e. The summed E-state index contributed by atoms with van der Waals surface area (Å²) in [5.41, 5.74) is 1.10. The predicted octanol–water partition coefficient (Wildman–Crippen LogP) is 0.974. The number of aliphatic imine (C=N–C) groups is 1. The van der Waals surface area contributed by atoms with Gasteiger partial charge in [-0.2, -0.15) is 0 Å². The van der Waals surface area contributed by atoms with Crippen LogP contribution in [-0.4, -0.2) is 43.4 Å². The molecule has 1 aromatic carbocycles. The Labute approximate surface area is 120 Å². The highest BCUT2D eigenvalue weighted by Crippen LogP contribution is 2.06. The third kappa shape index (κ3) is 4.26. The van der Waals surface area contributed by atoms with Gasteiger partial charge in [0.25, 0.3) is 0 Å². The minimum absolute atomic E-state index is 0.0193. The number of benzene rings is 1. The molecule has 1 heterocycles. The standard InChI is InChI=1S/C15H22N4O/c1-16-15(19-9-5-6-10-19)18-12-14(20)17-11-13-7-3-2-4-8-13/h2-4,7-8H,5-6,9-12H2,1H3,(H,16,18)(H,17,20). The number of hydrogen-bond acceptors (Lipinski definition) is 2. The summed E-state index contributed by atoms with van der Waals surface area (Å²) < 4.78 is 0.